The lowest BCUT2D eigenvalue weighted by molar-refractivity contribution is -0.146. The van der Waals surface area contributed by atoms with Gasteiger partial charge in [-0.15, -0.1) is 5.10 Å². The Bertz CT molecular complexity index is 318. The maximum absolute atomic E-state index is 10.7. The Morgan fingerprint density at radius 2 is 2.31 bits per heavy atom. The van der Waals surface area contributed by atoms with Gasteiger partial charge < -0.3 is 10.8 Å². The summed E-state index contributed by atoms with van der Waals surface area (Å²) in [5.41, 5.74) is 4.42. The Hall–Kier alpha value is -1.59. The standard InChI is InChI=1S/C7H12N4O2/c1-7(2,5(12)13)3-4-9-6(8)11-10-4/h3H2,1-2H3,(H,12,13)(H3,8,9,10,11). The lowest BCUT2D eigenvalue weighted by atomic mass is 9.89. The first-order valence-corrected chi connectivity index (χ1v) is 3.82. The number of carboxylic acid groups (broad SMARTS) is 1. The van der Waals surface area contributed by atoms with E-state index in [9.17, 15) is 4.79 Å². The highest BCUT2D eigenvalue weighted by Crippen LogP contribution is 2.19. The van der Waals surface area contributed by atoms with Crippen LogP contribution in [0.25, 0.3) is 0 Å². The zero-order valence-corrected chi connectivity index (χ0v) is 7.53. The van der Waals surface area contributed by atoms with Crippen molar-refractivity contribution in [2.24, 2.45) is 5.41 Å². The molecular formula is C7H12N4O2. The third-order valence-electron chi connectivity index (χ3n) is 1.74. The van der Waals surface area contributed by atoms with Gasteiger partial charge in [0.25, 0.3) is 0 Å². The molecule has 0 atom stereocenters. The Kier molecular flexibility index (Phi) is 2.22. The number of nitrogens with one attached hydrogen (secondary N) is 1. The van der Waals surface area contributed by atoms with Crippen molar-refractivity contribution in [3.63, 3.8) is 0 Å². The molecule has 0 aliphatic carbocycles. The van der Waals surface area contributed by atoms with Gasteiger partial charge in [0.15, 0.2) is 0 Å². The molecule has 1 aromatic heterocycles. The van der Waals surface area contributed by atoms with Gasteiger partial charge in [-0.1, -0.05) is 0 Å². The van der Waals surface area contributed by atoms with Crippen LogP contribution >= 0.6 is 0 Å². The Balaban J connectivity index is 2.74. The van der Waals surface area contributed by atoms with Gasteiger partial charge in [-0.25, -0.2) is 0 Å². The number of nitrogens with two attached hydrogens (primary N) is 1. The van der Waals surface area contributed by atoms with Gasteiger partial charge in [0.05, 0.1) is 5.41 Å². The first-order chi connectivity index (χ1) is 5.92. The van der Waals surface area contributed by atoms with Crippen LogP contribution in [0.3, 0.4) is 0 Å². The van der Waals surface area contributed by atoms with Crippen LogP contribution in [-0.4, -0.2) is 26.3 Å². The molecule has 4 N–H and O–H groups in total. The molecule has 13 heavy (non-hydrogen) atoms. The van der Waals surface area contributed by atoms with Crippen molar-refractivity contribution in [2.75, 3.05) is 5.73 Å². The molecule has 0 unspecified atom stereocenters. The van der Waals surface area contributed by atoms with Crippen LogP contribution in [0.1, 0.15) is 19.7 Å². The number of carbonyl (C=O) groups is 1. The number of nitrogen functional groups attached to an aromatic ring is 1. The highest BCUT2D eigenvalue weighted by molar-refractivity contribution is 5.73. The molecule has 0 bridgehead atoms. The van der Waals surface area contributed by atoms with Gasteiger partial charge in [0, 0.05) is 6.42 Å². The van der Waals surface area contributed by atoms with Crippen LogP contribution in [0, 0.1) is 5.41 Å². The van der Waals surface area contributed by atoms with Gasteiger partial charge in [-0.3, -0.25) is 9.89 Å². The van der Waals surface area contributed by atoms with Gasteiger partial charge in [-0.2, -0.15) is 4.98 Å². The van der Waals surface area contributed by atoms with Crippen molar-refractivity contribution >= 4 is 11.9 Å². The highest BCUT2D eigenvalue weighted by Gasteiger charge is 2.28. The fourth-order valence-corrected chi connectivity index (χ4v) is 0.883. The summed E-state index contributed by atoms with van der Waals surface area (Å²) >= 11 is 0. The van der Waals surface area contributed by atoms with Crippen LogP contribution < -0.4 is 5.73 Å². The molecule has 1 aromatic rings. The van der Waals surface area contributed by atoms with Gasteiger partial charge in [0.1, 0.15) is 5.82 Å². The second-order valence-corrected chi connectivity index (χ2v) is 3.51. The summed E-state index contributed by atoms with van der Waals surface area (Å²) in [6.07, 6.45) is 0.284. The van der Waals surface area contributed by atoms with Crippen LogP contribution in [0.15, 0.2) is 0 Å². The number of carboxylic acids is 1. The van der Waals surface area contributed by atoms with E-state index < -0.39 is 11.4 Å². The first kappa shape index (κ1) is 9.50. The number of anilines is 1. The summed E-state index contributed by atoms with van der Waals surface area (Å²) in [6, 6.07) is 0. The van der Waals surface area contributed by atoms with Crippen molar-refractivity contribution in [3.05, 3.63) is 5.82 Å². The van der Waals surface area contributed by atoms with E-state index in [0.717, 1.165) is 0 Å². The molecule has 1 rings (SSSR count). The number of aromatic amines is 1. The topological polar surface area (TPSA) is 105 Å². The van der Waals surface area contributed by atoms with Crippen LogP contribution in [0.2, 0.25) is 0 Å². The largest absolute Gasteiger partial charge is 0.481 e. The number of aromatic nitrogens is 3. The predicted molar refractivity (Wildman–Crippen MR) is 45.9 cm³/mol. The fourth-order valence-electron chi connectivity index (χ4n) is 0.883. The summed E-state index contributed by atoms with van der Waals surface area (Å²) in [5.74, 6) is -0.247. The average Bonchev–Trinajstić information content (AvgIpc) is 2.34. The van der Waals surface area contributed by atoms with Gasteiger partial charge in [-0.05, 0) is 13.8 Å². The van der Waals surface area contributed by atoms with Crippen LogP contribution in [-0.2, 0) is 11.2 Å². The smallest absolute Gasteiger partial charge is 0.309 e. The lowest BCUT2D eigenvalue weighted by Crippen LogP contribution is -2.26. The fraction of sp³-hybridized carbons (Fsp3) is 0.571. The second-order valence-electron chi connectivity index (χ2n) is 3.51. The molecule has 0 amide bonds. The molecule has 0 radical (unpaired) electrons. The number of aliphatic carboxylic acids is 1. The van der Waals surface area contributed by atoms with E-state index in [2.05, 4.69) is 15.2 Å². The van der Waals surface area contributed by atoms with Crippen molar-refractivity contribution in [3.8, 4) is 0 Å². The normalized spacial score (nSPS) is 11.5. The maximum atomic E-state index is 10.7. The Morgan fingerprint density at radius 1 is 1.69 bits per heavy atom. The molecule has 0 aliphatic rings. The Morgan fingerprint density at radius 3 is 2.69 bits per heavy atom. The second kappa shape index (κ2) is 3.04. The number of hydrogen-bond acceptors (Lipinski definition) is 4. The van der Waals surface area contributed by atoms with Crippen LogP contribution in [0.5, 0.6) is 0 Å². The quantitative estimate of drug-likeness (QED) is 0.615. The van der Waals surface area contributed by atoms with Crippen molar-refractivity contribution < 1.29 is 9.90 Å². The van der Waals surface area contributed by atoms with Gasteiger partial charge in [0.2, 0.25) is 5.95 Å². The summed E-state index contributed by atoms with van der Waals surface area (Å²) in [6.45, 7) is 3.24. The van der Waals surface area contributed by atoms with Crippen molar-refractivity contribution in [2.45, 2.75) is 20.3 Å². The molecule has 0 saturated heterocycles. The summed E-state index contributed by atoms with van der Waals surface area (Å²) in [7, 11) is 0. The van der Waals surface area contributed by atoms with E-state index in [1.54, 1.807) is 13.8 Å². The summed E-state index contributed by atoms with van der Waals surface area (Å²) in [5, 5.41) is 15.0. The maximum Gasteiger partial charge on any atom is 0.309 e. The molecule has 0 aromatic carbocycles. The monoisotopic (exact) mass is 184 g/mol. The minimum absolute atomic E-state index is 0.135. The predicted octanol–water partition coefficient (Wildman–Crippen LogP) is 0.0402. The average molecular weight is 184 g/mol. The molecule has 0 spiro atoms. The lowest BCUT2D eigenvalue weighted by Gasteiger charge is -2.16. The van der Waals surface area contributed by atoms with E-state index in [4.69, 9.17) is 10.8 Å². The van der Waals surface area contributed by atoms with Gasteiger partial charge >= 0.3 is 5.97 Å². The zero-order chi connectivity index (χ0) is 10.1. The summed E-state index contributed by atoms with van der Waals surface area (Å²) in [4.78, 5) is 14.6. The number of rotatable bonds is 3. The Labute approximate surface area is 75.2 Å². The minimum atomic E-state index is -0.873. The molecular weight excluding hydrogens is 172 g/mol. The molecule has 72 valence electrons. The third kappa shape index (κ3) is 2.17. The SMILES string of the molecule is CC(C)(Cc1nc(N)n[nH]1)C(=O)O. The molecule has 0 saturated carbocycles. The van der Waals surface area contributed by atoms with E-state index in [-0.39, 0.29) is 12.4 Å². The number of hydrogen-bond donors (Lipinski definition) is 3. The summed E-state index contributed by atoms with van der Waals surface area (Å²) < 4.78 is 0. The highest BCUT2D eigenvalue weighted by atomic mass is 16.4. The van der Waals surface area contributed by atoms with Crippen molar-refractivity contribution in [1.29, 1.82) is 0 Å². The molecule has 6 heteroatoms. The van der Waals surface area contributed by atoms with Crippen molar-refractivity contribution in [1.82, 2.24) is 15.2 Å². The minimum Gasteiger partial charge on any atom is -0.481 e. The van der Waals surface area contributed by atoms with E-state index in [1.165, 1.54) is 0 Å². The number of nitrogens with zero attached hydrogens (tertiary/aromatic N) is 2. The van der Waals surface area contributed by atoms with E-state index in [1.807, 2.05) is 0 Å². The first-order valence-electron chi connectivity index (χ1n) is 3.82. The number of H-pyrrole nitrogens is 1. The zero-order valence-electron chi connectivity index (χ0n) is 7.53. The van der Waals surface area contributed by atoms with E-state index >= 15 is 0 Å². The molecule has 0 fully saturated rings. The third-order valence-corrected chi connectivity index (χ3v) is 1.74. The molecule has 0 aliphatic heterocycles. The van der Waals surface area contributed by atoms with E-state index in [0.29, 0.717) is 5.82 Å². The van der Waals surface area contributed by atoms with Crippen LogP contribution in [0.4, 0.5) is 5.95 Å². The molecule has 1 heterocycles. The molecule has 6 nitrogen and oxygen atoms in total.